The van der Waals surface area contributed by atoms with E-state index in [-0.39, 0.29) is 5.09 Å². The first kappa shape index (κ1) is 14.6. The molecule has 0 spiro atoms. The van der Waals surface area contributed by atoms with Crippen LogP contribution in [0.4, 0.5) is 5.69 Å². The second-order valence-electron chi connectivity index (χ2n) is 4.73. The summed E-state index contributed by atoms with van der Waals surface area (Å²) in [6, 6.07) is 8.64. The van der Waals surface area contributed by atoms with E-state index in [2.05, 4.69) is 10.0 Å². The van der Waals surface area contributed by atoms with Crippen molar-refractivity contribution in [3.63, 3.8) is 0 Å². The molecule has 0 aliphatic carbocycles. The van der Waals surface area contributed by atoms with E-state index in [9.17, 15) is 8.42 Å². The zero-order chi connectivity index (χ0) is 14.8. The fourth-order valence-electron chi connectivity index (χ4n) is 2.01. The van der Waals surface area contributed by atoms with Crippen LogP contribution in [0.15, 0.2) is 39.8 Å². The highest BCUT2D eigenvalue weighted by molar-refractivity contribution is 7.92. The van der Waals surface area contributed by atoms with Crippen LogP contribution >= 0.6 is 0 Å². The molecule has 0 saturated carbocycles. The lowest BCUT2D eigenvalue weighted by Gasteiger charge is -2.08. The second-order valence-corrected chi connectivity index (χ2v) is 6.35. The lowest BCUT2D eigenvalue weighted by molar-refractivity contribution is 0.408. The van der Waals surface area contributed by atoms with Gasteiger partial charge in [0.2, 0.25) is 5.09 Å². The minimum absolute atomic E-state index is 0.0816. The van der Waals surface area contributed by atoms with Gasteiger partial charge in [-0.1, -0.05) is 6.07 Å². The molecule has 1 aromatic heterocycles. The van der Waals surface area contributed by atoms with Crippen molar-refractivity contribution < 1.29 is 12.8 Å². The van der Waals surface area contributed by atoms with E-state index < -0.39 is 10.0 Å². The van der Waals surface area contributed by atoms with E-state index in [0.29, 0.717) is 18.0 Å². The number of anilines is 1. The largest absolute Gasteiger partial charge is 0.446 e. The Balaban J connectivity index is 2.25. The molecule has 6 heteroatoms. The molecule has 2 N–H and O–H groups in total. The molecule has 0 fully saturated rings. The Bertz CT molecular complexity index is 685. The standard InChI is InChI=1S/C14H18N2O3S/c1-10-6-11(2)8-12(7-10)16-20(17,18)14-5-4-13(19-14)9-15-3/h4-8,15-16H,9H2,1-3H3. The summed E-state index contributed by atoms with van der Waals surface area (Å²) in [6.07, 6.45) is 0. The lowest BCUT2D eigenvalue weighted by Crippen LogP contribution is -2.12. The van der Waals surface area contributed by atoms with Gasteiger partial charge in [0.15, 0.2) is 0 Å². The first-order valence-corrected chi connectivity index (χ1v) is 7.73. The fraction of sp³-hybridized carbons (Fsp3) is 0.286. The fourth-order valence-corrected chi connectivity index (χ4v) is 3.00. The highest BCUT2D eigenvalue weighted by Gasteiger charge is 2.19. The molecule has 1 aromatic carbocycles. The van der Waals surface area contributed by atoms with Crippen molar-refractivity contribution in [3.8, 4) is 0 Å². The molecule has 0 bridgehead atoms. The monoisotopic (exact) mass is 294 g/mol. The number of hydrogen-bond acceptors (Lipinski definition) is 4. The first-order chi connectivity index (χ1) is 9.40. The van der Waals surface area contributed by atoms with Crippen molar-refractivity contribution in [3.05, 3.63) is 47.2 Å². The summed E-state index contributed by atoms with van der Waals surface area (Å²) in [5.74, 6) is 0.577. The third kappa shape index (κ3) is 3.40. The van der Waals surface area contributed by atoms with Crippen LogP contribution in [0.25, 0.3) is 0 Å². The number of aryl methyl sites for hydroxylation is 2. The van der Waals surface area contributed by atoms with Gasteiger partial charge in [0.05, 0.1) is 6.54 Å². The molecular formula is C14H18N2O3S. The van der Waals surface area contributed by atoms with Gasteiger partial charge >= 0.3 is 0 Å². The zero-order valence-electron chi connectivity index (χ0n) is 11.7. The molecule has 5 nitrogen and oxygen atoms in total. The van der Waals surface area contributed by atoms with Crippen LogP contribution in [-0.4, -0.2) is 15.5 Å². The van der Waals surface area contributed by atoms with E-state index in [1.807, 2.05) is 19.9 Å². The van der Waals surface area contributed by atoms with Crippen molar-refractivity contribution in [1.82, 2.24) is 5.32 Å². The Morgan fingerprint density at radius 2 is 1.75 bits per heavy atom. The highest BCUT2D eigenvalue weighted by atomic mass is 32.2. The van der Waals surface area contributed by atoms with E-state index in [4.69, 9.17) is 4.42 Å². The minimum Gasteiger partial charge on any atom is -0.446 e. The molecule has 0 saturated heterocycles. The molecule has 0 aliphatic rings. The molecule has 0 radical (unpaired) electrons. The highest BCUT2D eigenvalue weighted by Crippen LogP contribution is 2.20. The maximum atomic E-state index is 12.2. The SMILES string of the molecule is CNCc1ccc(S(=O)(=O)Nc2cc(C)cc(C)c2)o1. The third-order valence-electron chi connectivity index (χ3n) is 2.73. The summed E-state index contributed by atoms with van der Waals surface area (Å²) >= 11 is 0. The van der Waals surface area contributed by atoms with Crippen LogP contribution in [-0.2, 0) is 16.6 Å². The molecule has 0 atom stereocenters. The van der Waals surface area contributed by atoms with E-state index in [1.165, 1.54) is 6.07 Å². The number of furan rings is 1. The van der Waals surface area contributed by atoms with Gasteiger partial charge in [-0.2, -0.15) is 8.42 Å². The van der Waals surface area contributed by atoms with Gasteiger partial charge in [0.25, 0.3) is 10.0 Å². The Labute approximate surface area is 119 Å². The van der Waals surface area contributed by atoms with E-state index >= 15 is 0 Å². The summed E-state index contributed by atoms with van der Waals surface area (Å²) in [5, 5.41) is 2.82. The number of nitrogens with one attached hydrogen (secondary N) is 2. The number of hydrogen-bond donors (Lipinski definition) is 2. The van der Waals surface area contributed by atoms with Crippen LogP contribution < -0.4 is 10.0 Å². The van der Waals surface area contributed by atoms with Crippen LogP contribution in [0.5, 0.6) is 0 Å². The van der Waals surface area contributed by atoms with Crippen molar-refractivity contribution >= 4 is 15.7 Å². The maximum Gasteiger partial charge on any atom is 0.295 e. The number of rotatable bonds is 5. The van der Waals surface area contributed by atoms with Crippen LogP contribution in [0.2, 0.25) is 0 Å². The van der Waals surface area contributed by atoms with Gasteiger partial charge in [0, 0.05) is 5.69 Å². The Kier molecular flexibility index (Phi) is 4.15. The Morgan fingerprint density at radius 3 is 2.35 bits per heavy atom. The van der Waals surface area contributed by atoms with Gasteiger partial charge in [-0.05, 0) is 56.3 Å². The predicted octanol–water partition coefficient (Wildman–Crippen LogP) is 2.42. The molecule has 20 heavy (non-hydrogen) atoms. The summed E-state index contributed by atoms with van der Waals surface area (Å²) in [7, 11) is -1.92. The average Bonchev–Trinajstić information content (AvgIpc) is 2.76. The molecule has 108 valence electrons. The minimum atomic E-state index is -3.69. The van der Waals surface area contributed by atoms with Crippen molar-refractivity contribution in [2.45, 2.75) is 25.5 Å². The molecular weight excluding hydrogens is 276 g/mol. The van der Waals surface area contributed by atoms with E-state index in [1.54, 1.807) is 25.2 Å². The van der Waals surface area contributed by atoms with Crippen LogP contribution in [0, 0.1) is 13.8 Å². The van der Waals surface area contributed by atoms with Gasteiger partial charge in [-0.15, -0.1) is 0 Å². The molecule has 1 heterocycles. The predicted molar refractivity (Wildman–Crippen MR) is 78.2 cm³/mol. The third-order valence-corrected chi connectivity index (χ3v) is 3.98. The normalized spacial score (nSPS) is 11.6. The molecule has 2 aromatic rings. The molecule has 0 amide bonds. The van der Waals surface area contributed by atoms with Crippen molar-refractivity contribution in [2.24, 2.45) is 0 Å². The maximum absolute atomic E-state index is 12.2. The number of sulfonamides is 1. The molecule has 0 aliphatic heterocycles. The Hall–Kier alpha value is -1.79. The summed E-state index contributed by atoms with van der Waals surface area (Å²) in [6.45, 7) is 4.32. The quantitative estimate of drug-likeness (QED) is 0.888. The smallest absolute Gasteiger partial charge is 0.295 e. The van der Waals surface area contributed by atoms with Gasteiger partial charge in [-0.25, -0.2) is 0 Å². The summed E-state index contributed by atoms with van der Waals surface area (Å²) in [5.41, 5.74) is 2.53. The molecule has 2 rings (SSSR count). The lowest BCUT2D eigenvalue weighted by atomic mass is 10.1. The average molecular weight is 294 g/mol. The topological polar surface area (TPSA) is 71.3 Å². The zero-order valence-corrected chi connectivity index (χ0v) is 12.5. The molecule has 0 unspecified atom stereocenters. The van der Waals surface area contributed by atoms with Crippen LogP contribution in [0.3, 0.4) is 0 Å². The van der Waals surface area contributed by atoms with Crippen molar-refractivity contribution in [2.75, 3.05) is 11.8 Å². The summed E-state index contributed by atoms with van der Waals surface area (Å²) in [4.78, 5) is 0. The van der Waals surface area contributed by atoms with Gasteiger partial charge < -0.3 is 9.73 Å². The van der Waals surface area contributed by atoms with Gasteiger partial charge in [-0.3, -0.25) is 4.72 Å². The van der Waals surface area contributed by atoms with Crippen LogP contribution in [0.1, 0.15) is 16.9 Å². The Morgan fingerprint density at radius 1 is 1.10 bits per heavy atom. The first-order valence-electron chi connectivity index (χ1n) is 6.25. The van der Waals surface area contributed by atoms with Crippen molar-refractivity contribution in [1.29, 1.82) is 0 Å². The summed E-state index contributed by atoms with van der Waals surface area (Å²) < 4.78 is 32.3. The van der Waals surface area contributed by atoms with E-state index in [0.717, 1.165) is 11.1 Å². The number of benzene rings is 1. The van der Waals surface area contributed by atoms with Gasteiger partial charge in [0.1, 0.15) is 5.76 Å². The second kappa shape index (κ2) is 5.68.